The lowest BCUT2D eigenvalue weighted by Crippen LogP contribution is -2.42. The van der Waals surface area contributed by atoms with Crippen molar-refractivity contribution in [3.05, 3.63) is 48.0 Å². The molecule has 0 unspecified atom stereocenters. The first-order valence-electron chi connectivity index (χ1n) is 11.6. The van der Waals surface area contributed by atoms with Crippen molar-refractivity contribution in [1.82, 2.24) is 10.1 Å². The Labute approximate surface area is 199 Å². The van der Waals surface area contributed by atoms with Crippen LogP contribution in [0.2, 0.25) is 0 Å². The summed E-state index contributed by atoms with van der Waals surface area (Å²) in [6, 6.07) is 13.3. The molecule has 2 heterocycles. The molecule has 1 fully saturated rings. The zero-order valence-corrected chi connectivity index (χ0v) is 20.2. The number of benzene rings is 2. The minimum absolute atomic E-state index is 0.256. The fraction of sp³-hybridized carbons (Fsp3) is 0.462. The van der Waals surface area contributed by atoms with Crippen LogP contribution in [0, 0.1) is 5.92 Å². The predicted molar refractivity (Wildman–Crippen MR) is 127 cm³/mol. The molecule has 8 heteroatoms. The minimum atomic E-state index is -0.488. The lowest BCUT2D eigenvalue weighted by atomic mass is 9.98. The average molecular weight is 469 g/mol. The topological polar surface area (TPSA) is 83.3 Å². The molecule has 0 bridgehead atoms. The Hall–Kier alpha value is -3.42. The maximum absolute atomic E-state index is 12.3. The Kier molecular flexibility index (Phi) is 7.14. The molecule has 1 amide bonds. The van der Waals surface area contributed by atoms with Crippen LogP contribution in [0.15, 0.2) is 47.0 Å². The van der Waals surface area contributed by atoms with Crippen molar-refractivity contribution in [3.63, 3.8) is 0 Å². The number of nitrogens with zero attached hydrogens (tertiary/aromatic N) is 2. The number of fused-ring (bicyclic) bond motifs is 1. The molecule has 0 aliphatic carbocycles. The van der Waals surface area contributed by atoms with Gasteiger partial charge in [0.15, 0.2) is 5.58 Å². The van der Waals surface area contributed by atoms with Crippen LogP contribution in [-0.2, 0) is 11.3 Å². The molecule has 182 valence electrons. The van der Waals surface area contributed by atoms with E-state index in [9.17, 15) is 4.79 Å². The highest BCUT2D eigenvalue weighted by atomic mass is 16.6. The van der Waals surface area contributed by atoms with E-state index in [1.807, 2.05) is 63.2 Å². The lowest BCUT2D eigenvalue weighted by Gasteiger charge is -2.33. The number of hydrogen-bond acceptors (Lipinski definition) is 7. The fourth-order valence-corrected chi connectivity index (χ4v) is 3.84. The number of hydrogen-bond donors (Lipinski definition) is 0. The maximum Gasteiger partial charge on any atom is 0.410 e. The third-order valence-corrected chi connectivity index (χ3v) is 5.70. The summed E-state index contributed by atoms with van der Waals surface area (Å²) in [4.78, 5) is 14.0. The van der Waals surface area contributed by atoms with Gasteiger partial charge in [0, 0.05) is 13.1 Å². The van der Waals surface area contributed by atoms with Crippen molar-refractivity contribution >= 4 is 17.1 Å². The standard InChI is InChI=1S/C26H32N2O6/c1-26(2,3)33-25(29)28-14-12-19(13-15-28)17-32-24-23-21(6-5-7-22(23)34-27-24)31-16-18-8-10-20(30-4)11-9-18/h5-11,19H,12-17H2,1-4H3. The van der Waals surface area contributed by atoms with Gasteiger partial charge in [0.05, 0.1) is 13.7 Å². The first-order valence-corrected chi connectivity index (χ1v) is 11.6. The van der Waals surface area contributed by atoms with E-state index in [2.05, 4.69) is 5.16 Å². The third-order valence-electron chi connectivity index (χ3n) is 5.70. The monoisotopic (exact) mass is 468 g/mol. The van der Waals surface area contributed by atoms with Crippen LogP contribution >= 0.6 is 0 Å². The quantitative estimate of drug-likeness (QED) is 0.456. The summed E-state index contributed by atoms with van der Waals surface area (Å²) in [5, 5.41) is 4.85. The van der Waals surface area contributed by atoms with E-state index in [0.29, 0.717) is 49.4 Å². The van der Waals surface area contributed by atoms with Gasteiger partial charge < -0.3 is 28.4 Å². The number of piperidine rings is 1. The SMILES string of the molecule is COc1ccc(COc2cccc3onc(OCC4CCN(C(=O)OC(C)(C)C)CC4)c23)cc1. The zero-order valence-electron chi connectivity index (χ0n) is 20.2. The van der Waals surface area contributed by atoms with E-state index in [0.717, 1.165) is 29.5 Å². The van der Waals surface area contributed by atoms with Gasteiger partial charge >= 0.3 is 6.09 Å². The summed E-state index contributed by atoms with van der Waals surface area (Å²) >= 11 is 0. The van der Waals surface area contributed by atoms with Gasteiger partial charge in [-0.1, -0.05) is 18.2 Å². The van der Waals surface area contributed by atoms with E-state index in [1.165, 1.54) is 0 Å². The van der Waals surface area contributed by atoms with Crippen LogP contribution in [-0.4, -0.2) is 48.6 Å². The highest BCUT2D eigenvalue weighted by Crippen LogP contribution is 2.35. The molecule has 1 saturated heterocycles. The van der Waals surface area contributed by atoms with Gasteiger partial charge in [0.1, 0.15) is 29.1 Å². The van der Waals surface area contributed by atoms with E-state index < -0.39 is 5.60 Å². The average Bonchev–Trinajstić information content (AvgIpc) is 3.25. The van der Waals surface area contributed by atoms with Gasteiger partial charge in [-0.2, -0.15) is 0 Å². The summed E-state index contributed by atoms with van der Waals surface area (Å²) in [5.74, 6) is 2.20. The molecule has 3 aromatic rings. The van der Waals surface area contributed by atoms with Crippen molar-refractivity contribution < 1.29 is 28.3 Å². The molecular weight excluding hydrogens is 436 g/mol. The number of carbonyl (C=O) groups excluding carboxylic acids is 1. The van der Waals surface area contributed by atoms with Crippen LogP contribution in [0.1, 0.15) is 39.2 Å². The Bertz CT molecular complexity index is 1090. The summed E-state index contributed by atoms with van der Waals surface area (Å²) in [5.41, 5.74) is 1.15. The molecule has 0 spiro atoms. The Morgan fingerprint density at radius 1 is 1.09 bits per heavy atom. The van der Waals surface area contributed by atoms with Crippen molar-refractivity contribution in [2.45, 2.75) is 45.8 Å². The molecule has 1 aromatic heterocycles. The van der Waals surface area contributed by atoms with E-state index in [-0.39, 0.29) is 6.09 Å². The molecule has 0 N–H and O–H groups in total. The molecule has 1 aliphatic heterocycles. The number of likely N-dealkylation sites (tertiary alicyclic amines) is 1. The molecule has 2 aromatic carbocycles. The predicted octanol–water partition coefficient (Wildman–Crippen LogP) is 5.44. The number of methoxy groups -OCH3 is 1. The first kappa shape index (κ1) is 23.7. The van der Waals surface area contributed by atoms with Crippen LogP contribution in [0.5, 0.6) is 17.4 Å². The second-order valence-electron chi connectivity index (χ2n) is 9.48. The van der Waals surface area contributed by atoms with Crippen LogP contribution in [0.4, 0.5) is 4.79 Å². The lowest BCUT2D eigenvalue weighted by molar-refractivity contribution is 0.0164. The molecule has 34 heavy (non-hydrogen) atoms. The summed E-state index contributed by atoms with van der Waals surface area (Å²) in [6.07, 6.45) is 1.43. The van der Waals surface area contributed by atoms with E-state index in [1.54, 1.807) is 12.0 Å². The third kappa shape index (κ3) is 5.92. The fourth-order valence-electron chi connectivity index (χ4n) is 3.84. The molecule has 4 rings (SSSR count). The second-order valence-corrected chi connectivity index (χ2v) is 9.48. The van der Waals surface area contributed by atoms with Gasteiger partial charge in [-0.25, -0.2) is 4.79 Å². The van der Waals surface area contributed by atoms with Gasteiger partial charge in [-0.3, -0.25) is 0 Å². The second kappa shape index (κ2) is 10.2. The smallest absolute Gasteiger partial charge is 0.410 e. The molecule has 8 nitrogen and oxygen atoms in total. The minimum Gasteiger partial charge on any atom is -0.497 e. The molecule has 1 aliphatic rings. The normalized spacial score (nSPS) is 14.8. The number of rotatable bonds is 7. The van der Waals surface area contributed by atoms with Crippen LogP contribution < -0.4 is 14.2 Å². The van der Waals surface area contributed by atoms with Gasteiger partial charge in [-0.05, 0) is 74.5 Å². The molecule has 0 atom stereocenters. The summed E-state index contributed by atoms with van der Waals surface area (Å²) in [6.45, 7) is 7.83. The summed E-state index contributed by atoms with van der Waals surface area (Å²) < 4.78 is 28.3. The highest BCUT2D eigenvalue weighted by Gasteiger charge is 2.27. The van der Waals surface area contributed by atoms with Gasteiger partial charge in [0.25, 0.3) is 5.88 Å². The number of ether oxygens (including phenoxy) is 4. The van der Waals surface area contributed by atoms with Crippen LogP contribution in [0.3, 0.4) is 0 Å². The van der Waals surface area contributed by atoms with Crippen LogP contribution in [0.25, 0.3) is 11.0 Å². The Balaban J connectivity index is 1.34. The zero-order chi connectivity index (χ0) is 24.1. The molecule has 0 saturated carbocycles. The Morgan fingerprint density at radius 2 is 1.82 bits per heavy atom. The molecule has 0 radical (unpaired) electrons. The number of aromatic nitrogens is 1. The van der Waals surface area contributed by atoms with E-state index >= 15 is 0 Å². The van der Waals surface area contributed by atoms with Crippen molar-refractivity contribution in [3.8, 4) is 17.4 Å². The number of carbonyl (C=O) groups is 1. The maximum atomic E-state index is 12.3. The molecular formula is C26H32N2O6. The summed E-state index contributed by atoms with van der Waals surface area (Å²) in [7, 11) is 1.64. The van der Waals surface area contributed by atoms with Gasteiger partial charge in [-0.15, -0.1) is 0 Å². The largest absolute Gasteiger partial charge is 0.497 e. The van der Waals surface area contributed by atoms with Crippen molar-refractivity contribution in [2.75, 3.05) is 26.8 Å². The van der Waals surface area contributed by atoms with Crippen molar-refractivity contribution in [1.29, 1.82) is 0 Å². The number of amides is 1. The highest BCUT2D eigenvalue weighted by molar-refractivity contribution is 5.88. The Morgan fingerprint density at radius 3 is 2.50 bits per heavy atom. The van der Waals surface area contributed by atoms with Gasteiger partial charge in [0.2, 0.25) is 0 Å². The van der Waals surface area contributed by atoms with E-state index in [4.69, 9.17) is 23.5 Å². The first-order chi connectivity index (χ1) is 16.3. The van der Waals surface area contributed by atoms with Crippen molar-refractivity contribution in [2.24, 2.45) is 5.92 Å².